The van der Waals surface area contributed by atoms with E-state index in [0.29, 0.717) is 5.75 Å². The van der Waals surface area contributed by atoms with E-state index < -0.39 is 33.5 Å². The Bertz CT molecular complexity index is 549. The van der Waals surface area contributed by atoms with Crippen LogP contribution in [0.2, 0.25) is 0 Å². The number of carboxylic acids is 1. The molecule has 0 bridgehead atoms. The molecular weight excluding hydrogens is 360 g/mol. The van der Waals surface area contributed by atoms with Gasteiger partial charge in [0.2, 0.25) is 0 Å². The summed E-state index contributed by atoms with van der Waals surface area (Å²) in [4.78, 5) is 10.3. The van der Waals surface area contributed by atoms with Gasteiger partial charge in [0.05, 0.1) is 0 Å². The van der Waals surface area contributed by atoms with Gasteiger partial charge >= 0.3 is 120 Å². The number of aliphatic carboxylic acids is 1. The van der Waals surface area contributed by atoms with Gasteiger partial charge in [-0.3, -0.25) is 0 Å². The second-order valence-electron chi connectivity index (χ2n) is 3.73. The zero-order chi connectivity index (χ0) is 13.7. The minimum atomic E-state index is -1.23. The summed E-state index contributed by atoms with van der Waals surface area (Å²) in [7, 11) is 0. The van der Waals surface area contributed by atoms with Crippen LogP contribution in [0.5, 0.6) is 11.5 Å². The summed E-state index contributed by atoms with van der Waals surface area (Å²) in [6.07, 6.45) is 0. The Labute approximate surface area is 120 Å². The first kappa shape index (κ1) is 13.7. The summed E-state index contributed by atoms with van der Waals surface area (Å²) in [5.41, 5.74) is 0. The van der Waals surface area contributed by atoms with Gasteiger partial charge in [-0.25, -0.2) is 0 Å². The van der Waals surface area contributed by atoms with Crippen molar-refractivity contribution in [3.05, 3.63) is 48.5 Å². The molecule has 0 heterocycles. The fourth-order valence-corrected chi connectivity index (χ4v) is 3.73. The van der Waals surface area contributed by atoms with E-state index in [1.807, 2.05) is 24.3 Å². The van der Waals surface area contributed by atoms with E-state index in [0.717, 1.165) is 0 Å². The molecule has 0 atom stereocenters. The van der Waals surface area contributed by atoms with Gasteiger partial charge in [-0.15, -0.1) is 0 Å². The topological polar surface area (TPSA) is 69.6 Å². The number of carboxylic acid groups (broad SMARTS) is 1. The number of carbonyl (C=O) groups is 1. The molecule has 0 radical (unpaired) electrons. The molecule has 2 aromatic rings. The molecular formula is C14H11O4Te-. The first-order chi connectivity index (χ1) is 9.13. The van der Waals surface area contributed by atoms with Crippen molar-refractivity contribution < 1.29 is 19.7 Å². The Kier molecular flexibility index (Phi) is 4.67. The predicted octanol–water partition coefficient (Wildman–Crippen LogP) is -0.824. The molecule has 0 amide bonds. The first-order valence-electron chi connectivity index (χ1n) is 5.53. The van der Waals surface area contributed by atoms with Gasteiger partial charge in [-0.1, -0.05) is 0 Å². The van der Waals surface area contributed by atoms with E-state index in [2.05, 4.69) is 0 Å². The quantitative estimate of drug-likeness (QED) is 0.698. The molecule has 2 aromatic carbocycles. The van der Waals surface area contributed by atoms with Crippen molar-refractivity contribution in [3.63, 3.8) is 0 Å². The van der Waals surface area contributed by atoms with E-state index in [4.69, 9.17) is 4.74 Å². The van der Waals surface area contributed by atoms with Crippen LogP contribution in [0, 0.1) is 0 Å². The third-order valence-corrected chi connectivity index (χ3v) is 5.15. The number of hydrogen-bond donors (Lipinski definition) is 1. The normalized spacial score (nSPS) is 10.1. The number of aromatic hydroxyl groups is 1. The Morgan fingerprint density at radius 1 is 1.05 bits per heavy atom. The summed E-state index contributed by atoms with van der Waals surface area (Å²) < 4.78 is 7.43. The molecule has 2 rings (SSSR count). The van der Waals surface area contributed by atoms with Gasteiger partial charge in [-0.2, -0.15) is 0 Å². The number of ether oxygens (including phenoxy) is 1. The van der Waals surface area contributed by atoms with Gasteiger partial charge in [-0.05, 0) is 0 Å². The first-order valence-corrected chi connectivity index (χ1v) is 7.86. The van der Waals surface area contributed by atoms with Crippen molar-refractivity contribution in [1.29, 1.82) is 0 Å². The second-order valence-corrected chi connectivity index (χ2v) is 7.00. The van der Waals surface area contributed by atoms with Crippen LogP contribution < -0.4 is 17.1 Å². The standard InChI is InChI=1S/C14H12O4Te/c15-10-1-5-12(6-2-10)19-13-7-3-11(4-8-13)18-9-14(16)17/h1-8,15H,9H2,(H,16,17)/p-1. The van der Waals surface area contributed by atoms with Crippen molar-refractivity contribution in [2.75, 3.05) is 6.61 Å². The SMILES string of the molecule is O=C([O-])COc1ccc([Te]c2ccc(O)cc2)cc1. The molecule has 0 aliphatic heterocycles. The third-order valence-electron chi connectivity index (χ3n) is 2.25. The summed E-state index contributed by atoms with van der Waals surface area (Å²) in [5.74, 6) is -0.449. The zero-order valence-corrected chi connectivity index (χ0v) is 12.2. The number of rotatable bonds is 5. The van der Waals surface area contributed by atoms with Crippen LogP contribution in [-0.4, -0.2) is 38.6 Å². The molecule has 0 unspecified atom stereocenters. The summed E-state index contributed by atoms with van der Waals surface area (Å²) in [6.45, 7) is -0.437. The molecule has 1 N–H and O–H groups in total. The predicted molar refractivity (Wildman–Crippen MR) is 70.1 cm³/mol. The van der Waals surface area contributed by atoms with Gasteiger partial charge in [0.25, 0.3) is 0 Å². The van der Waals surface area contributed by atoms with Crippen LogP contribution in [0.15, 0.2) is 48.5 Å². The molecule has 0 aromatic heterocycles. The number of hydrogen-bond acceptors (Lipinski definition) is 4. The molecule has 0 saturated carbocycles. The fourth-order valence-electron chi connectivity index (χ4n) is 1.40. The Morgan fingerprint density at radius 3 is 2.11 bits per heavy atom. The van der Waals surface area contributed by atoms with Gasteiger partial charge in [0, 0.05) is 0 Å². The number of benzene rings is 2. The van der Waals surface area contributed by atoms with E-state index in [9.17, 15) is 15.0 Å². The molecule has 5 heteroatoms. The fraction of sp³-hybridized carbons (Fsp3) is 0.0714. The number of phenolic OH excluding ortho intramolecular Hbond substituents is 1. The molecule has 0 aliphatic rings. The number of carbonyl (C=O) groups excluding carboxylic acids is 1. The molecule has 98 valence electrons. The average molecular weight is 371 g/mol. The van der Waals surface area contributed by atoms with E-state index in [-0.39, 0.29) is 5.75 Å². The third kappa shape index (κ3) is 4.47. The number of phenols is 1. The Hall–Kier alpha value is -1.70. The Balaban J connectivity index is 1.98. The molecule has 0 fully saturated rings. The van der Waals surface area contributed by atoms with Crippen molar-refractivity contribution in [3.8, 4) is 11.5 Å². The van der Waals surface area contributed by atoms with Crippen LogP contribution in [0.3, 0.4) is 0 Å². The van der Waals surface area contributed by atoms with Crippen LogP contribution in [0.4, 0.5) is 0 Å². The maximum absolute atomic E-state index is 10.3. The van der Waals surface area contributed by atoms with Gasteiger partial charge in [0.15, 0.2) is 0 Å². The second kappa shape index (κ2) is 6.46. The summed E-state index contributed by atoms with van der Waals surface area (Å²) >= 11 is -0.506. The zero-order valence-electron chi connectivity index (χ0n) is 9.91. The molecule has 0 saturated heterocycles. The van der Waals surface area contributed by atoms with Gasteiger partial charge in [0.1, 0.15) is 0 Å². The van der Waals surface area contributed by atoms with Crippen molar-refractivity contribution >= 4 is 34.1 Å². The maximum atomic E-state index is 10.3. The minimum absolute atomic E-state index is 0.266. The van der Waals surface area contributed by atoms with Crippen molar-refractivity contribution in [2.24, 2.45) is 0 Å². The van der Waals surface area contributed by atoms with Crippen LogP contribution in [-0.2, 0) is 4.79 Å². The average Bonchev–Trinajstić information content (AvgIpc) is 2.40. The van der Waals surface area contributed by atoms with Crippen molar-refractivity contribution in [2.45, 2.75) is 0 Å². The summed E-state index contributed by atoms with van der Waals surface area (Å²) in [6, 6.07) is 14.6. The van der Waals surface area contributed by atoms with E-state index in [1.54, 1.807) is 24.3 Å². The molecule has 4 nitrogen and oxygen atoms in total. The van der Waals surface area contributed by atoms with Crippen LogP contribution in [0.1, 0.15) is 0 Å². The molecule has 0 aliphatic carbocycles. The van der Waals surface area contributed by atoms with Gasteiger partial charge < -0.3 is 0 Å². The summed E-state index contributed by atoms with van der Waals surface area (Å²) in [5, 5.41) is 19.5. The Morgan fingerprint density at radius 2 is 1.58 bits per heavy atom. The van der Waals surface area contributed by atoms with E-state index >= 15 is 0 Å². The molecule has 19 heavy (non-hydrogen) atoms. The van der Waals surface area contributed by atoms with Crippen molar-refractivity contribution in [1.82, 2.24) is 0 Å². The monoisotopic (exact) mass is 373 g/mol. The van der Waals surface area contributed by atoms with Crippen LogP contribution >= 0.6 is 0 Å². The molecule has 0 spiro atoms. The van der Waals surface area contributed by atoms with Crippen LogP contribution in [0.25, 0.3) is 0 Å². The van der Waals surface area contributed by atoms with E-state index in [1.165, 1.54) is 7.22 Å².